The van der Waals surface area contributed by atoms with Crippen LogP contribution in [0, 0.1) is 0 Å². The zero-order valence-electron chi connectivity index (χ0n) is 22.2. The van der Waals surface area contributed by atoms with Crippen LogP contribution in [-0.2, 0) is 0 Å². The third-order valence-electron chi connectivity index (χ3n) is 6.59. The van der Waals surface area contributed by atoms with Crippen LogP contribution in [-0.4, -0.2) is 77.2 Å². The van der Waals surface area contributed by atoms with Gasteiger partial charge in [-0.2, -0.15) is 0 Å². The molecule has 0 amide bonds. The molecule has 0 aliphatic rings. The Kier molecular flexibility index (Phi) is 16.7. The van der Waals surface area contributed by atoms with E-state index in [0.717, 1.165) is 0 Å². The molecule has 0 aliphatic heterocycles. The molecule has 0 atom stereocenters. The zero-order chi connectivity index (χ0) is 23.3. The Morgan fingerprint density at radius 3 is 0.778 bits per heavy atom. The summed E-state index contributed by atoms with van der Waals surface area (Å²) in [7, 11) is 0. The summed E-state index contributed by atoms with van der Waals surface area (Å²) in [6.07, 6.45) is 8.38. The molecule has 0 bridgehead atoms. The van der Waals surface area contributed by atoms with Crippen LogP contribution in [0.4, 0.5) is 0 Å². The van der Waals surface area contributed by atoms with E-state index in [0.29, 0.717) is 0 Å². The van der Waals surface area contributed by atoms with E-state index < -0.39 is 39.5 Å². The summed E-state index contributed by atoms with van der Waals surface area (Å²) in [5.74, 6) is 0. The molecule has 0 N–H and O–H groups in total. The SMILES string of the molecule is [Li].[Li].c1cc[c]([Sn]([CH2]CCCCCC[CH2][Sn]([c]2ccccc2)[c]2ccccc2)[c]2ccccc2)cc1. The number of benzene rings is 4. The molecular formula is C32H36Li2Sn2. The average molecular weight is 672 g/mol. The first-order valence-electron chi connectivity index (χ1n) is 12.8. The number of hydrogen-bond acceptors (Lipinski definition) is 0. The summed E-state index contributed by atoms with van der Waals surface area (Å²) in [4.78, 5) is 0. The fourth-order valence-corrected chi connectivity index (χ4v) is 20.2. The summed E-state index contributed by atoms with van der Waals surface area (Å²) in [5, 5.41) is 0. The number of hydrogen-bond donors (Lipinski definition) is 0. The van der Waals surface area contributed by atoms with Crippen molar-refractivity contribution in [1.82, 2.24) is 0 Å². The number of unbranched alkanes of at least 4 members (excludes halogenated alkanes) is 5. The average Bonchev–Trinajstić information content (AvgIpc) is 2.92. The Labute approximate surface area is 257 Å². The normalized spacial score (nSPS) is 10.6. The van der Waals surface area contributed by atoms with Crippen LogP contribution in [0.2, 0.25) is 8.87 Å². The summed E-state index contributed by atoms with van der Waals surface area (Å²) in [6.45, 7) is 0. The molecule has 4 aromatic carbocycles. The van der Waals surface area contributed by atoms with E-state index in [4.69, 9.17) is 0 Å². The second kappa shape index (κ2) is 18.8. The van der Waals surface area contributed by atoms with Gasteiger partial charge in [-0.05, 0) is 0 Å². The molecule has 0 nitrogen and oxygen atoms in total. The van der Waals surface area contributed by atoms with Crippen LogP contribution < -0.4 is 14.3 Å². The molecule has 0 saturated heterocycles. The molecule has 0 saturated carbocycles. The fourth-order valence-electron chi connectivity index (χ4n) is 4.78. The van der Waals surface area contributed by atoms with Crippen LogP contribution >= 0.6 is 0 Å². The van der Waals surface area contributed by atoms with Crippen molar-refractivity contribution in [3.63, 3.8) is 0 Å². The summed E-state index contributed by atoms with van der Waals surface area (Å²) >= 11 is -3.52. The molecule has 0 spiro atoms. The minimum absolute atomic E-state index is 0. The second-order valence-corrected chi connectivity index (χ2v) is 24.0. The summed E-state index contributed by atoms with van der Waals surface area (Å²) in [5.41, 5.74) is 0. The van der Waals surface area contributed by atoms with Gasteiger partial charge in [-0.15, -0.1) is 0 Å². The van der Waals surface area contributed by atoms with E-state index in [1.807, 2.05) is 0 Å². The zero-order valence-corrected chi connectivity index (χ0v) is 27.9. The van der Waals surface area contributed by atoms with Gasteiger partial charge in [0, 0.05) is 37.7 Å². The Balaban J connectivity index is 0.00000228. The standard InChI is InChI=1S/C8H16.4C6H5.2Li.2Sn/c1-3-5-7-8-6-4-2;4*1-2-4-6-5-3-1;;;;/h1-8H2;4*1-5H;;;;. The Hall–Kier alpha value is -0.328. The molecular weight excluding hydrogens is 636 g/mol. The molecule has 0 fully saturated rings. The van der Waals surface area contributed by atoms with Gasteiger partial charge in [0.15, 0.2) is 0 Å². The topological polar surface area (TPSA) is 0 Å². The van der Waals surface area contributed by atoms with Crippen molar-refractivity contribution in [2.24, 2.45) is 0 Å². The Morgan fingerprint density at radius 2 is 0.528 bits per heavy atom. The third kappa shape index (κ3) is 10.4. The van der Waals surface area contributed by atoms with E-state index in [1.54, 1.807) is 14.3 Å². The van der Waals surface area contributed by atoms with Crippen molar-refractivity contribution in [3.05, 3.63) is 121 Å². The van der Waals surface area contributed by atoms with Gasteiger partial charge in [-0.3, -0.25) is 0 Å². The van der Waals surface area contributed by atoms with E-state index >= 15 is 0 Å². The minimum atomic E-state index is -1.76. The molecule has 36 heavy (non-hydrogen) atoms. The van der Waals surface area contributed by atoms with Crippen LogP contribution in [0.3, 0.4) is 0 Å². The monoisotopic (exact) mass is 674 g/mol. The van der Waals surface area contributed by atoms with Gasteiger partial charge in [0.1, 0.15) is 0 Å². The Bertz CT molecular complexity index is 892. The van der Waals surface area contributed by atoms with Gasteiger partial charge in [0.25, 0.3) is 0 Å². The van der Waals surface area contributed by atoms with Crippen molar-refractivity contribution < 1.29 is 0 Å². The number of rotatable bonds is 13. The first-order valence-corrected chi connectivity index (χ1v) is 22.6. The molecule has 4 heteroatoms. The maximum absolute atomic E-state index is 2.38. The van der Waals surface area contributed by atoms with E-state index in [2.05, 4.69) is 121 Å². The van der Waals surface area contributed by atoms with Gasteiger partial charge in [-0.25, -0.2) is 0 Å². The molecule has 0 unspecified atom stereocenters. The van der Waals surface area contributed by atoms with Crippen molar-refractivity contribution >= 4 is 91.6 Å². The second-order valence-electron chi connectivity index (χ2n) is 9.04. The van der Waals surface area contributed by atoms with E-state index in [-0.39, 0.29) is 37.7 Å². The first-order chi connectivity index (χ1) is 16.9. The molecule has 4 radical (unpaired) electrons. The molecule has 4 aromatic rings. The predicted octanol–water partition coefficient (Wildman–Crippen LogP) is 5.18. The van der Waals surface area contributed by atoms with Gasteiger partial charge >= 0.3 is 223 Å². The van der Waals surface area contributed by atoms with Crippen LogP contribution in [0.1, 0.15) is 38.5 Å². The van der Waals surface area contributed by atoms with Crippen LogP contribution in [0.25, 0.3) is 0 Å². The van der Waals surface area contributed by atoms with Crippen molar-refractivity contribution in [3.8, 4) is 0 Å². The van der Waals surface area contributed by atoms with Crippen molar-refractivity contribution in [1.29, 1.82) is 0 Å². The quantitative estimate of drug-likeness (QED) is 0.136. The van der Waals surface area contributed by atoms with Gasteiger partial charge < -0.3 is 0 Å². The molecule has 0 heterocycles. The molecule has 4 rings (SSSR count). The molecule has 0 aliphatic carbocycles. The fraction of sp³-hybridized carbons (Fsp3) is 0.250. The van der Waals surface area contributed by atoms with Gasteiger partial charge in [0.2, 0.25) is 0 Å². The predicted molar refractivity (Wildman–Crippen MR) is 165 cm³/mol. The van der Waals surface area contributed by atoms with Crippen LogP contribution in [0.5, 0.6) is 0 Å². The molecule has 0 aromatic heterocycles. The van der Waals surface area contributed by atoms with Gasteiger partial charge in [-0.1, -0.05) is 0 Å². The van der Waals surface area contributed by atoms with Gasteiger partial charge in [0.05, 0.1) is 0 Å². The summed E-state index contributed by atoms with van der Waals surface area (Å²) in [6, 6.07) is 45.4. The molecule has 174 valence electrons. The third-order valence-corrected chi connectivity index (χ3v) is 23.2. The van der Waals surface area contributed by atoms with Crippen molar-refractivity contribution in [2.45, 2.75) is 47.4 Å². The maximum atomic E-state index is 2.38. The first kappa shape index (κ1) is 31.9. The van der Waals surface area contributed by atoms with E-state index in [1.165, 1.54) is 47.4 Å². The van der Waals surface area contributed by atoms with Crippen molar-refractivity contribution in [2.75, 3.05) is 0 Å². The summed E-state index contributed by atoms with van der Waals surface area (Å²) < 4.78 is 9.48. The van der Waals surface area contributed by atoms with E-state index in [9.17, 15) is 0 Å². The Morgan fingerprint density at radius 1 is 0.306 bits per heavy atom. The van der Waals surface area contributed by atoms with Crippen LogP contribution in [0.15, 0.2) is 121 Å².